The Morgan fingerprint density at radius 2 is 2.06 bits per heavy atom. The van der Waals surface area contributed by atoms with E-state index in [1.165, 1.54) is 31.2 Å². The normalized spacial score (nSPS) is 25.2. The second kappa shape index (κ2) is 6.91. The van der Waals surface area contributed by atoms with E-state index in [9.17, 15) is 5.11 Å². The monoisotopic (exact) mass is 247 g/mol. The van der Waals surface area contributed by atoms with Crippen molar-refractivity contribution in [3.8, 4) is 0 Å². The van der Waals surface area contributed by atoms with E-state index in [0.29, 0.717) is 6.04 Å². The quantitative estimate of drug-likeness (QED) is 0.810. The SMILES string of the molecule is CCC1CCC(NC(CO)Cc2ccccc2)C1. The van der Waals surface area contributed by atoms with E-state index in [2.05, 4.69) is 36.5 Å². The molecule has 0 aromatic heterocycles. The number of rotatable bonds is 6. The van der Waals surface area contributed by atoms with Gasteiger partial charge in [-0.15, -0.1) is 0 Å². The van der Waals surface area contributed by atoms with Gasteiger partial charge in [-0.3, -0.25) is 0 Å². The van der Waals surface area contributed by atoms with E-state index in [-0.39, 0.29) is 12.6 Å². The van der Waals surface area contributed by atoms with E-state index in [0.717, 1.165) is 12.3 Å². The van der Waals surface area contributed by atoms with Crippen molar-refractivity contribution in [3.63, 3.8) is 0 Å². The maximum Gasteiger partial charge on any atom is 0.0587 e. The van der Waals surface area contributed by atoms with Crippen LogP contribution in [0.4, 0.5) is 0 Å². The zero-order valence-electron chi connectivity index (χ0n) is 11.3. The van der Waals surface area contributed by atoms with Crippen LogP contribution < -0.4 is 5.32 Å². The summed E-state index contributed by atoms with van der Waals surface area (Å²) in [7, 11) is 0. The van der Waals surface area contributed by atoms with Crippen molar-refractivity contribution in [1.29, 1.82) is 0 Å². The van der Waals surface area contributed by atoms with Crippen LogP contribution in [0.25, 0.3) is 0 Å². The van der Waals surface area contributed by atoms with Crippen LogP contribution in [0.2, 0.25) is 0 Å². The summed E-state index contributed by atoms with van der Waals surface area (Å²) in [5.41, 5.74) is 1.30. The molecule has 2 N–H and O–H groups in total. The molecule has 2 nitrogen and oxygen atoms in total. The lowest BCUT2D eigenvalue weighted by Crippen LogP contribution is -2.40. The molecule has 0 saturated heterocycles. The van der Waals surface area contributed by atoms with Crippen LogP contribution in [-0.4, -0.2) is 23.8 Å². The average Bonchev–Trinajstić information content (AvgIpc) is 2.87. The Kier molecular flexibility index (Phi) is 5.21. The highest BCUT2D eigenvalue weighted by Gasteiger charge is 2.25. The fourth-order valence-electron chi connectivity index (χ4n) is 3.01. The van der Waals surface area contributed by atoms with Crippen LogP contribution in [0.3, 0.4) is 0 Å². The number of hydrogen-bond donors (Lipinski definition) is 2. The van der Waals surface area contributed by atoms with Gasteiger partial charge in [-0.05, 0) is 37.2 Å². The molecule has 3 unspecified atom stereocenters. The Morgan fingerprint density at radius 1 is 1.28 bits per heavy atom. The summed E-state index contributed by atoms with van der Waals surface area (Å²) in [5, 5.41) is 13.1. The van der Waals surface area contributed by atoms with Crippen LogP contribution in [-0.2, 0) is 6.42 Å². The summed E-state index contributed by atoms with van der Waals surface area (Å²) in [6.07, 6.45) is 6.11. The third-order valence-corrected chi connectivity index (χ3v) is 4.14. The summed E-state index contributed by atoms with van der Waals surface area (Å²) < 4.78 is 0. The predicted octanol–water partition coefficient (Wildman–Crippen LogP) is 2.76. The van der Waals surface area contributed by atoms with Crippen molar-refractivity contribution >= 4 is 0 Å². The molecule has 1 saturated carbocycles. The Morgan fingerprint density at radius 3 is 2.67 bits per heavy atom. The van der Waals surface area contributed by atoms with Crippen molar-refractivity contribution in [1.82, 2.24) is 5.32 Å². The van der Waals surface area contributed by atoms with Gasteiger partial charge < -0.3 is 10.4 Å². The van der Waals surface area contributed by atoms with Gasteiger partial charge >= 0.3 is 0 Å². The minimum absolute atomic E-state index is 0.202. The molecule has 0 radical (unpaired) electrons. The first kappa shape index (κ1) is 13.6. The van der Waals surface area contributed by atoms with Crippen LogP contribution in [0.15, 0.2) is 30.3 Å². The molecule has 1 aliphatic rings. The highest BCUT2D eigenvalue weighted by Crippen LogP contribution is 2.28. The van der Waals surface area contributed by atoms with E-state index in [4.69, 9.17) is 0 Å². The van der Waals surface area contributed by atoms with Crippen molar-refractivity contribution < 1.29 is 5.11 Å². The third kappa shape index (κ3) is 3.82. The zero-order chi connectivity index (χ0) is 12.8. The Bertz CT molecular complexity index is 338. The maximum atomic E-state index is 9.51. The fraction of sp³-hybridized carbons (Fsp3) is 0.625. The third-order valence-electron chi connectivity index (χ3n) is 4.14. The van der Waals surface area contributed by atoms with Crippen LogP contribution >= 0.6 is 0 Å². The fourth-order valence-corrected chi connectivity index (χ4v) is 3.01. The second-order valence-corrected chi connectivity index (χ2v) is 5.52. The summed E-state index contributed by atoms with van der Waals surface area (Å²) in [5.74, 6) is 0.888. The lowest BCUT2D eigenvalue weighted by Gasteiger charge is -2.21. The molecule has 2 rings (SSSR count). The van der Waals surface area contributed by atoms with Crippen molar-refractivity contribution in [2.75, 3.05) is 6.61 Å². The Hall–Kier alpha value is -0.860. The van der Waals surface area contributed by atoms with Gasteiger partial charge in [0.05, 0.1) is 6.61 Å². The van der Waals surface area contributed by atoms with E-state index in [1.807, 2.05) is 6.07 Å². The predicted molar refractivity (Wildman–Crippen MR) is 75.6 cm³/mol. The summed E-state index contributed by atoms with van der Waals surface area (Å²) >= 11 is 0. The summed E-state index contributed by atoms with van der Waals surface area (Å²) in [4.78, 5) is 0. The van der Waals surface area contributed by atoms with Crippen LogP contribution in [0.1, 0.15) is 38.2 Å². The molecule has 2 heteroatoms. The van der Waals surface area contributed by atoms with Gasteiger partial charge in [-0.25, -0.2) is 0 Å². The van der Waals surface area contributed by atoms with Gasteiger partial charge in [-0.1, -0.05) is 43.7 Å². The molecule has 0 bridgehead atoms. The van der Waals surface area contributed by atoms with E-state index in [1.54, 1.807) is 0 Å². The van der Waals surface area contributed by atoms with Gasteiger partial charge in [0.1, 0.15) is 0 Å². The number of hydrogen-bond acceptors (Lipinski definition) is 2. The highest BCUT2D eigenvalue weighted by atomic mass is 16.3. The van der Waals surface area contributed by atoms with Crippen molar-refractivity contribution in [2.45, 2.75) is 51.1 Å². The molecule has 0 heterocycles. The Labute approximate surface area is 110 Å². The lowest BCUT2D eigenvalue weighted by atomic mass is 10.0. The minimum atomic E-state index is 0.202. The van der Waals surface area contributed by atoms with Gasteiger partial charge in [0.2, 0.25) is 0 Å². The van der Waals surface area contributed by atoms with Crippen LogP contribution in [0, 0.1) is 5.92 Å². The molecule has 18 heavy (non-hydrogen) atoms. The molecule has 0 amide bonds. The molecule has 1 aliphatic carbocycles. The second-order valence-electron chi connectivity index (χ2n) is 5.52. The molecule has 0 aliphatic heterocycles. The smallest absolute Gasteiger partial charge is 0.0587 e. The van der Waals surface area contributed by atoms with E-state index >= 15 is 0 Å². The number of benzene rings is 1. The Balaban J connectivity index is 1.83. The summed E-state index contributed by atoms with van der Waals surface area (Å²) in [6, 6.07) is 11.2. The first-order valence-corrected chi connectivity index (χ1v) is 7.22. The van der Waals surface area contributed by atoms with E-state index < -0.39 is 0 Å². The molecular weight excluding hydrogens is 222 g/mol. The first-order chi connectivity index (χ1) is 8.81. The highest BCUT2D eigenvalue weighted by molar-refractivity contribution is 5.16. The number of aliphatic hydroxyl groups excluding tert-OH is 1. The number of nitrogens with one attached hydrogen (secondary N) is 1. The van der Waals surface area contributed by atoms with Crippen molar-refractivity contribution in [3.05, 3.63) is 35.9 Å². The van der Waals surface area contributed by atoms with Gasteiger partial charge in [0, 0.05) is 12.1 Å². The molecule has 3 atom stereocenters. The molecule has 100 valence electrons. The molecule has 1 aromatic rings. The topological polar surface area (TPSA) is 32.3 Å². The molecular formula is C16H25NO. The standard InChI is InChI=1S/C16H25NO/c1-2-13-8-9-15(10-13)17-16(12-18)11-14-6-4-3-5-7-14/h3-7,13,15-18H,2,8-12H2,1H3. The van der Waals surface area contributed by atoms with Crippen LogP contribution in [0.5, 0.6) is 0 Å². The van der Waals surface area contributed by atoms with Gasteiger partial charge in [-0.2, -0.15) is 0 Å². The molecule has 0 spiro atoms. The minimum Gasteiger partial charge on any atom is -0.395 e. The largest absolute Gasteiger partial charge is 0.395 e. The maximum absolute atomic E-state index is 9.51. The van der Waals surface area contributed by atoms with Crippen molar-refractivity contribution in [2.24, 2.45) is 5.92 Å². The average molecular weight is 247 g/mol. The van der Waals surface area contributed by atoms with Gasteiger partial charge in [0.25, 0.3) is 0 Å². The number of aliphatic hydroxyl groups is 1. The zero-order valence-corrected chi connectivity index (χ0v) is 11.3. The summed E-state index contributed by atoms with van der Waals surface area (Å²) in [6.45, 7) is 2.50. The lowest BCUT2D eigenvalue weighted by molar-refractivity contribution is 0.229. The van der Waals surface area contributed by atoms with Gasteiger partial charge in [0.15, 0.2) is 0 Å². The molecule has 1 aromatic carbocycles. The molecule has 1 fully saturated rings. The first-order valence-electron chi connectivity index (χ1n) is 7.22.